The molecule has 3 rings (SSSR count). The van der Waals surface area contributed by atoms with E-state index in [1.54, 1.807) is 0 Å². The molecule has 1 aliphatic heterocycles. The van der Waals surface area contributed by atoms with Gasteiger partial charge in [-0.05, 0) is 25.0 Å². The molecule has 1 saturated heterocycles. The van der Waals surface area contributed by atoms with Gasteiger partial charge in [-0.15, -0.1) is 0 Å². The number of aromatic nitrogens is 3. The maximum atomic E-state index is 12.4. The summed E-state index contributed by atoms with van der Waals surface area (Å²) in [5.41, 5.74) is 1.46. The molecule has 134 valence electrons. The number of amides is 1. The Balaban J connectivity index is 1.54. The molecule has 1 amide bonds. The summed E-state index contributed by atoms with van der Waals surface area (Å²) in [7, 11) is 0. The molecule has 0 aliphatic carbocycles. The smallest absolute Gasteiger partial charge is 0.251 e. The van der Waals surface area contributed by atoms with Crippen molar-refractivity contribution in [2.45, 2.75) is 13.8 Å². The van der Waals surface area contributed by atoms with Gasteiger partial charge >= 0.3 is 0 Å². The van der Waals surface area contributed by atoms with Crippen LogP contribution in [0.2, 0.25) is 0 Å². The van der Waals surface area contributed by atoms with E-state index in [-0.39, 0.29) is 5.91 Å². The van der Waals surface area contributed by atoms with E-state index in [0.717, 1.165) is 44.2 Å². The second-order valence-electron chi connectivity index (χ2n) is 6.55. The van der Waals surface area contributed by atoms with Crippen LogP contribution in [0.5, 0.6) is 0 Å². The van der Waals surface area contributed by atoms with Crippen LogP contribution >= 0.6 is 0 Å². The molecular weight excluding hydrogens is 318 g/mol. The van der Waals surface area contributed by atoms with Crippen molar-refractivity contribution >= 4 is 5.91 Å². The SMILES string of the molecule is Cc1nc(-c2cccc(C(=O)NC[C@@H](C)CN3CCOCC3)c2)n[nH]1. The van der Waals surface area contributed by atoms with Gasteiger partial charge in [0.05, 0.1) is 13.2 Å². The minimum atomic E-state index is -0.0667. The summed E-state index contributed by atoms with van der Waals surface area (Å²) in [6.07, 6.45) is 0. The predicted octanol–water partition coefficient (Wildman–Crippen LogP) is 1.48. The van der Waals surface area contributed by atoms with Crippen LogP contribution in [-0.2, 0) is 4.74 Å². The Morgan fingerprint density at radius 1 is 1.40 bits per heavy atom. The molecule has 0 radical (unpaired) electrons. The summed E-state index contributed by atoms with van der Waals surface area (Å²) in [6, 6.07) is 7.39. The number of aryl methyl sites for hydroxylation is 1. The van der Waals surface area contributed by atoms with Crippen molar-refractivity contribution in [3.8, 4) is 11.4 Å². The first-order valence-electron chi connectivity index (χ1n) is 8.69. The van der Waals surface area contributed by atoms with Crippen molar-refractivity contribution in [1.82, 2.24) is 25.4 Å². The molecule has 7 heteroatoms. The number of rotatable bonds is 6. The van der Waals surface area contributed by atoms with Gasteiger partial charge in [-0.25, -0.2) is 4.98 Å². The van der Waals surface area contributed by atoms with Gasteiger partial charge in [0.2, 0.25) is 0 Å². The third kappa shape index (κ3) is 4.87. The van der Waals surface area contributed by atoms with Crippen LogP contribution < -0.4 is 5.32 Å². The van der Waals surface area contributed by atoms with Gasteiger partial charge in [-0.3, -0.25) is 14.8 Å². The monoisotopic (exact) mass is 343 g/mol. The molecule has 1 aromatic heterocycles. The zero-order valence-corrected chi connectivity index (χ0v) is 14.8. The molecule has 2 aromatic rings. The van der Waals surface area contributed by atoms with E-state index in [0.29, 0.717) is 23.9 Å². The van der Waals surface area contributed by atoms with Crippen LogP contribution in [0.3, 0.4) is 0 Å². The lowest BCUT2D eigenvalue weighted by Crippen LogP contribution is -2.41. The van der Waals surface area contributed by atoms with E-state index in [2.05, 4.69) is 32.3 Å². The normalized spacial score (nSPS) is 16.6. The first-order valence-corrected chi connectivity index (χ1v) is 8.69. The summed E-state index contributed by atoms with van der Waals surface area (Å²) in [6.45, 7) is 9.16. The van der Waals surface area contributed by atoms with Crippen LogP contribution in [0.1, 0.15) is 23.1 Å². The van der Waals surface area contributed by atoms with Crippen LogP contribution in [0.15, 0.2) is 24.3 Å². The van der Waals surface area contributed by atoms with Crippen LogP contribution in [-0.4, -0.2) is 65.4 Å². The maximum Gasteiger partial charge on any atom is 0.251 e. The molecule has 1 aromatic carbocycles. The van der Waals surface area contributed by atoms with E-state index in [1.807, 2.05) is 31.2 Å². The largest absolute Gasteiger partial charge is 0.379 e. The molecule has 1 fully saturated rings. The third-order valence-electron chi connectivity index (χ3n) is 4.26. The lowest BCUT2D eigenvalue weighted by atomic mass is 10.1. The Hall–Kier alpha value is -2.25. The molecule has 0 unspecified atom stereocenters. The van der Waals surface area contributed by atoms with Gasteiger partial charge in [0, 0.05) is 37.3 Å². The first-order chi connectivity index (χ1) is 12.1. The minimum absolute atomic E-state index is 0.0667. The Kier molecular flexibility index (Phi) is 5.78. The third-order valence-corrected chi connectivity index (χ3v) is 4.26. The van der Waals surface area contributed by atoms with Crippen molar-refractivity contribution < 1.29 is 9.53 Å². The number of morpholine rings is 1. The molecule has 2 heterocycles. The fourth-order valence-electron chi connectivity index (χ4n) is 2.93. The fraction of sp³-hybridized carbons (Fsp3) is 0.500. The molecule has 0 bridgehead atoms. The Bertz CT molecular complexity index is 709. The maximum absolute atomic E-state index is 12.4. The van der Waals surface area contributed by atoms with Crippen molar-refractivity contribution in [3.63, 3.8) is 0 Å². The van der Waals surface area contributed by atoms with Gasteiger partial charge in [-0.2, -0.15) is 5.10 Å². The van der Waals surface area contributed by atoms with Crippen molar-refractivity contribution in [1.29, 1.82) is 0 Å². The van der Waals surface area contributed by atoms with E-state index in [4.69, 9.17) is 4.74 Å². The molecule has 7 nitrogen and oxygen atoms in total. The predicted molar refractivity (Wildman–Crippen MR) is 95.3 cm³/mol. The summed E-state index contributed by atoms with van der Waals surface area (Å²) >= 11 is 0. The molecule has 1 atom stereocenters. The number of carbonyl (C=O) groups is 1. The summed E-state index contributed by atoms with van der Waals surface area (Å²) < 4.78 is 5.36. The number of carbonyl (C=O) groups excluding carboxylic acids is 1. The number of benzene rings is 1. The lowest BCUT2D eigenvalue weighted by molar-refractivity contribution is 0.0317. The summed E-state index contributed by atoms with van der Waals surface area (Å²) in [5, 5.41) is 9.99. The number of aromatic amines is 1. The standard InChI is InChI=1S/C18H25N5O2/c1-13(12-23-6-8-25-9-7-23)11-19-18(24)16-5-3-4-15(10-16)17-20-14(2)21-22-17/h3-5,10,13H,6-9,11-12H2,1-2H3,(H,19,24)(H,20,21,22)/t13-/m1/s1. The second-order valence-corrected chi connectivity index (χ2v) is 6.55. The number of H-pyrrole nitrogens is 1. The van der Waals surface area contributed by atoms with Gasteiger partial charge in [0.1, 0.15) is 5.82 Å². The van der Waals surface area contributed by atoms with E-state index in [9.17, 15) is 4.79 Å². The number of ether oxygens (including phenoxy) is 1. The first kappa shape index (κ1) is 17.6. The van der Waals surface area contributed by atoms with Crippen molar-refractivity contribution in [2.75, 3.05) is 39.4 Å². The Morgan fingerprint density at radius 3 is 2.92 bits per heavy atom. The summed E-state index contributed by atoms with van der Waals surface area (Å²) in [5.74, 6) is 1.68. The van der Waals surface area contributed by atoms with Crippen molar-refractivity contribution in [3.05, 3.63) is 35.7 Å². The topological polar surface area (TPSA) is 83.1 Å². The number of nitrogens with zero attached hydrogens (tertiary/aromatic N) is 3. The molecule has 0 spiro atoms. The van der Waals surface area contributed by atoms with E-state index in [1.165, 1.54) is 0 Å². The highest BCUT2D eigenvalue weighted by Gasteiger charge is 2.15. The van der Waals surface area contributed by atoms with Crippen LogP contribution in [0.4, 0.5) is 0 Å². The van der Waals surface area contributed by atoms with Gasteiger partial charge in [-0.1, -0.05) is 19.1 Å². The highest BCUT2D eigenvalue weighted by molar-refractivity contribution is 5.95. The fourth-order valence-corrected chi connectivity index (χ4v) is 2.93. The quantitative estimate of drug-likeness (QED) is 0.830. The molecular formula is C18H25N5O2. The zero-order valence-electron chi connectivity index (χ0n) is 14.8. The average molecular weight is 343 g/mol. The summed E-state index contributed by atoms with van der Waals surface area (Å²) in [4.78, 5) is 19.1. The average Bonchev–Trinajstić information content (AvgIpc) is 3.07. The lowest BCUT2D eigenvalue weighted by Gasteiger charge is -2.29. The van der Waals surface area contributed by atoms with E-state index < -0.39 is 0 Å². The highest BCUT2D eigenvalue weighted by Crippen LogP contribution is 2.16. The number of nitrogens with one attached hydrogen (secondary N) is 2. The van der Waals surface area contributed by atoms with Crippen molar-refractivity contribution in [2.24, 2.45) is 5.92 Å². The Morgan fingerprint density at radius 2 is 2.20 bits per heavy atom. The number of hydrogen-bond acceptors (Lipinski definition) is 5. The molecule has 25 heavy (non-hydrogen) atoms. The zero-order chi connectivity index (χ0) is 17.6. The van der Waals surface area contributed by atoms with Gasteiger partial charge < -0.3 is 10.1 Å². The minimum Gasteiger partial charge on any atom is -0.379 e. The van der Waals surface area contributed by atoms with E-state index >= 15 is 0 Å². The van der Waals surface area contributed by atoms with Crippen LogP contribution in [0.25, 0.3) is 11.4 Å². The number of hydrogen-bond donors (Lipinski definition) is 2. The molecule has 2 N–H and O–H groups in total. The Labute approximate surface area is 147 Å². The molecule has 1 aliphatic rings. The highest BCUT2D eigenvalue weighted by atomic mass is 16.5. The van der Waals surface area contributed by atoms with Gasteiger partial charge in [0.15, 0.2) is 5.82 Å². The van der Waals surface area contributed by atoms with Crippen LogP contribution in [0, 0.1) is 12.8 Å². The molecule has 0 saturated carbocycles. The van der Waals surface area contributed by atoms with Gasteiger partial charge in [0.25, 0.3) is 5.91 Å². The second kappa shape index (κ2) is 8.22.